The van der Waals surface area contributed by atoms with Crippen molar-refractivity contribution in [1.29, 1.82) is 0 Å². The number of hydrazine groups is 1. The van der Waals surface area contributed by atoms with Gasteiger partial charge < -0.3 is 5.32 Å². The van der Waals surface area contributed by atoms with Crippen LogP contribution >= 0.6 is 35.4 Å². The third-order valence-electron chi connectivity index (χ3n) is 2.06. The Bertz CT molecular complexity index is 448. The van der Waals surface area contributed by atoms with Crippen LogP contribution in [0.1, 0.15) is 5.56 Å². The average Bonchev–Trinajstić information content (AvgIpc) is 2.63. The van der Waals surface area contributed by atoms with Gasteiger partial charge in [-0.15, -0.1) is 0 Å². The van der Waals surface area contributed by atoms with Crippen molar-refractivity contribution in [2.45, 2.75) is 6.17 Å². The van der Waals surface area contributed by atoms with Crippen molar-refractivity contribution in [3.05, 3.63) is 39.9 Å². The standard InChI is InChI=1S/C10H9Cl2N3S/c11-7-3-1-6(8(12)5-7)2-4-9-13-10(16)15-14-9/h1-5,9,14H,(H2,13,15,16)/b4-2+. The van der Waals surface area contributed by atoms with Crippen LogP contribution in [0.3, 0.4) is 0 Å². The normalized spacial score (nSPS) is 19.9. The van der Waals surface area contributed by atoms with Crippen LogP contribution in [0.4, 0.5) is 0 Å². The molecular weight excluding hydrogens is 265 g/mol. The molecule has 1 aliphatic heterocycles. The van der Waals surface area contributed by atoms with E-state index in [-0.39, 0.29) is 6.17 Å². The molecule has 3 nitrogen and oxygen atoms in total. The summed E-state index contributed by atoms with van der Waals surface area (Å²) in [6, 6.07) is 5.37. The Kier molecular flexibility index (Phi) is 3.66. The van der Waals surface area contributed by atoms with Crippen molar-refractivity contribution in [3.63, 3.8) is 0 Å². The number of rotatable bonds is 2. The SMILES string of the molecule is S=C1NNC(/C=C/c2ccc(Cl)cc2Cl)N1. The molecule has 0 spiro atoms. The van der Waals surface area contributed by atoms with Gasteiger partial charge in [0.25, 0.3) is 0 Å². The van der Waals surface area contributed by atoms with Gasteiger partial charge in [0.1, 0.15) is 6.17 Å². The molecule has 0 amide bonds. The van der Waals surface area contributed by atoms with E-state index < -0.39 is 0 Å². The second-order valence-corrected chi connectivity index (χ2v) is 4.50. The fourth-order valence-corrected chi connectivity index (χ4v) is 1.95. The van der Waals surface area contributed by atoms with Gasteiger partial charge in [0, 0.05) is 10.0 Å². The highest BCUT2D eigenvalue weighted by molar-refractivity contribution is 7.80. The summed E-state index contributed by atoms with van der Waals surface area (Å²) >= 11 is 16.7. The Hall–Kier alpha value is -0.810. The lowest BCUT2D eigenvalue weighted by Gasteiger charge is -2.03. The lowest BCUT2D eigenvalue weighted by molar-refractivity contribution is 0.621. The average molecular weight is 274 g/mol. The van der Waals surface area contributed by atoms with Gasteiger partial charge in [-0.1, -0.05) is 35.3 Å². The van der Waals surface area contributed by atoms with Crippen LogP contribution in [0.2, 0.25) is 10.0 Å². The summed E-state index contributed by atoms with van der Waals surface area (Å²) in [5.41, 5.74) is 6.65. The molecule has 1 aromatic rings. The lowest BCUT2D eigenvalue weighted by Crippen LogP contribution is -2.31. The fraction of sp³-hybridized carbons (Fsp3) is 0.100. The number of thiocarbonyl (C=S) groups is 1. The maximum Gasteiger partial charge on any atom is 0.182 e. The summed E-state index contributed by atoms with van der Waals surface area (Å²) in [4.78, 5) is 0. The van der Waals surface area contributed by atoms with E-state index in [1.807, 2.05) is 18.2 Å². The van der Waals surface area contributed by atoms with Gasteiger partial charge in [-0.05, 0) is 36.0 Å². The van der Waals surface area contributed by atoms with Crippen molar-refractivity contribution in [2.24, 2.45) is 0 Å². The number of nitrogens with one attached hydrogen (secondary N) is 3. The van der Waals surface area contributed by atoms with Crippen LogP contribution in [-0.4, -0.2) is 11.3 Å². The molecule has 0 aliphatic carbocycles. The largest absolute Gasteiger partial charge is 0.341 e. The first-order valence-corrected chi connectivity index (χ1v) is 5.77. The molecule has 0 bridgehead atoms. The Balaban J connectivity index is 2.08. The van der Waals surface area contributed by atoms with Crippen LogP contribution < -0.4 is 16.2 Å². The summed E-state index contributed by atoms with van der Waals surface area (Å²) in [7, 11) is 0. The van der Waals surface area contributed by atoms with E-state index in [0.29, 0.717) is 15.2 Å². The van der Waals surface area contributed by atoms with Gasteiger partial charge in [0.15, 0.2) is 5.11 Å². The van der Waals surface area contributed by atoms with E-state index in [9.17, 15) is 0 Å². The molecule has 1 aliphatic rings. The molecule has 1 unspecified atom stereocenters. The van der Waals surface area contributed by atoms with Crippen molar-refractivity contribution in [1.82, 2.24) is 16.2 Å². The van der Waals surface area contributed by atoms with Crippen molar-refractivity contribution in [3.8, 4) is 0 Å². The zero-order valence-electron chi connectivity index (χ0n) is 8.13. The van der Waals surface area contributed by atoms with Crippen LogP contribution in [0.25, 0.3) is 6.08 Å². The Morgan fingerprint density at radius 3 is 2.75 bits per heavy atom. The summed E-state index contributed by atoms with van der Waals surface area (Å²) in [6.07, 6.45) is 3.79. The monoisotopic (exact) mass is 273 g/mol. The molecule has 0 saturated carbocycles. The molecule has 6 heteroatoms. The molecule has 1 heterocycles. The first-order chi connectivity index (χ1) is 7.65. The molecule has 3 N–H and O–H groups in total. The van der Waals surface area contributed by atoms with Crippen LogP contribution in [-0.2, 0) is 0 Å². The Morgan fingerprint density at radius 2 is 2.12 bits per heavy atom. The summed E-state index contributed by atoms with van der Waals surface area (Å²) in [5.74, 6) is 0. The highest BCUT2D eigenvalue weighted by Crippen LogP contribution is 2.22. The van der Waals surface area contributed by atoms with E-state index in [1.54, 1.807) is 12.1 Å². The van der Waals surface area contributed by atoms with Crippen molar-refractivity contribution in [2.75, 3.05) is 0 Å². The van der Waals surface area contributed by atoms with Gasteiger partial charge in [-0.25, -0.2) is 5.43 Å². The predicted octanol–water partition coefficient (Wildman–Crippen LogP) is 2.31. The molecule has 2 rings (SSSR count). The summed E-state index contributed by atoms with van der Waals surface area (Å²) in [5, 5.41) is 4.84. The number of halogens is 2. The van der Waals surface area contributed by atoms with Crippen molar-refractivity contribution >= 4 is 46.6 Å². The van der Waals surface area contributed by atoms with Gasteiger partial charge in [-0.2, -0.15) is 0 Å². The number of hydrogen-bond acceptors (Lipinski definition) is 2. The quantitative estimate of drug-likeness (QED) is 0.723. The third-order valence-corrected chi connectivity index (χ3v) is 2.84. The molecule has 0 aromatic heterocycles. The van der Waals surface area contributed by atoms with Crippen LogP contribution in [0.15, 0.2) is 24.3 Å². The summed E-state index contributed by atoms with van der Waals surface area (Å²) < 4.78 is 0. The van der Waals surface area contributed by atoms with Crippen LogP contribution in [0, 0.1) is 0 Å². The highest BCUT2D eigenvalue weighted by Gasteiger charge is 2.12. The van der Waals surface area contributed by atoms with E-state index >= 15 is 0 Å². The second-order valence-electron chi connectivity index (χ2n) is 3.25. The molecular formula is C10H9Cl2N3S. The Labute approximate surface area is 109 Å². The number of hydrogen-bond donors (Lipinski definition) is 3. The van der Waals surface area contributed by atoms with Gasteiger partial charge >= 0.3 is 0 Å². The Morgan fingerprint density at radius 1 is 1.31 bits per heavy atom. The topological polar surface area (TPSA) is 36.1 Å². The van der Waals surface area contributed by atoms with E-state index in [2.05, 4.69) is 16.2 Å². The maximum atomic E-state index is 6.03. The van der Waals surface area contributed by atoms with Crippen molar-refractivity contribution < 1.29 is 0 Å². The molecule has 1 fully saturated rings. The molecule has 16 heavy (non-hydrogen) atoms. The summed E-state index contributed by atoms with van der Waals surface area (Å²) in [6.45, 7) is 0. The molecule has 1 saturated heterocycles. The van der Waals surface area contributed by atoms with E-state index in [1.165, 1.54) is 0 Å². The van der Waals surface area contributed by atoms with E-state index in [4.69, 9.17) is 35.4 Å². The van der Waals surface area contributed by atoms with Gasteiger partial charge in [-0.3, -0.25) is 5.43 Å². The molecule has 84 valence electrons. The van der Waals surface area contributed by atoms with Gasteiger partial charge in [0.05, 0.1) is 0 Å². The smallest absolute Gasteiger partial charge is 0.182 e. The fourth-order valence-electron chi connectivity index (χ4n) is 1.29. The van der Waals surface area contributed by atoms with Gasteiger partial charge in [0.2, 0.25) is 0 Å². The minimum absolute atomic E-state index is 0.0285. The molecule has 1 aromatic carbocycles. The zero-order valence-corrected chi connectivity index (χ0v) is 10.5. The van der Waals surface area contributed by atoms with Crippen LogP contribution in [0.5, 0.6) is 0 Å². The minimum Gasteiger partial charge on any atom is -0.341 e. The third kappa shape index (κ3) is 2.86. The predicted molar refractivity (Wildman–Crippen MR) is 71.3 cm³/mol. The lowest BCUT2D eigenvalue weighted by atomic mass is 10.2. The molecule has 1 atom stereocenters. The first-order valence-electron chi connectivity index (χ1n) is 4.60. The number of benzene rings is 1. The maximum absolute atomic E-state index is 6.03. The molecule has 0 radical (unpaired) electrons. The zero-order chi connectivity index (χ0) is 11.5. The first kappa shape index (κ1) is 11.7. The van der Waals surface area contributed by atoms with E-state index in [0.717, 1.165) is 5.56 Å². The minimum atomic E-state index is -0.0285. The second kappa shape index (κ2) is 5.01. The highest BCUT2D eigenvalue weighted by atomic mass is 35.5.